The van der Waals surface area contributed by atoms with Gasteiger partial charge in [-0.15, -0.1) is 0 Å². The predicted molar refractivity (Wildman–Crippen MR) is 100.0 cm³/mol. The molecule has 26 heavy (non-hydrogen) atoms. The molecule has 1 atom stereocenters. The van der Waals surface area contributed by atoms with Crippen molar-refractivity contribution in [3.05, 3.63) is 59.9 Å². The van der Waals surface area contributed by atoms with Gasteiger partial charge in [-0.1, -0.05) is 18.2 Å². The number of aromatic nitrogens is 1. The van der Waals surface area contributed by atoms with Crippen molar-refractivity contribution in [3.8, 4) is 5.75 Å². The van der Waals surface area contributed by atoms with Gasteiger partial charge in [0.05, 0.1) is 13.2 Å². The van der Waals surface area contributed by atoms with Crippen LogP contribution < -0.4 is 10.1 Å². The van der Waals surface area contributed by atoms with Crippen LogP contribution in [-0.2, 0) is 16.0 Å². The molecule has 1 saturated heterocycles. The van der Waals surface area contributed by atoms with E-state index in [0.29, 0.717) is 18.8 Å². The maximum absolute atomic E-state index is 12.6. The summed E-state index contributed by atoms with van der Waals surface area (Å²) in [6.45, 7) is 1.51. The van der Waals surface area contributed by atoms with Crippen molar-refractivity contribution in [1.82, 2.24) is 10.3 Å². The number of ether oxygens (including phenoxy) is 2. The van der Waals surface area contributed by atoms with E-state index in [0.717, 1.165) is 42.9 Å². The van der Waals surface area contributed by atoms with Crippen LogP contribution in [0.1, 0.15) is 36.4 Å². The molecule has 1 aliphatic rings. The first-order chi connectivity index (χ1) is 12.8. The van der Waals surface area contributed by atoms with E-state index in [4.69, 9.17) is 9.47 Å². The van der Waals surface area contributed by atoms with Gasteiger partial charge < -0.3 is 14.8 Å². The Kier molecular flexibility index (Phi) is 6.61. The highest BCUT2D eigenvalue weighted by Gasteiger charge is 2.27. The van der Waals surface area contributed by atoms with E-state index >= 15 is 0 Å². The Bertz CT molecular complexity index is 682. The summed E-state index contributed by atoms with van der Waals surface area (Å²) in [5.41, 5.74) is 2.20. The molecular formula is C21H26N2O3. The van der Waals surface area contributed by atoms with Gasteiger partial charge in [-0.3, -0.25) is 9.78 Å². The molecule has 0 saturated carbocycles. The summed E-state index contributed by atoms with van der Waals surface area (Å²) >= 11 is 0. The number of pyridine rings is 1. The lowest BCUT2D eigenvalue weighted by atomic mass is 9.87. The summed E-state index contributed by atoms with van der Waals surface area (Å²) < 4.78 is 10.6. The smallest absolute Gasteiger partial charge is 0.220 e. The van der Waals surface area contributed by atoms with Crippen LogP contribution >= 0.6 is 0 Å². The Hall–Kier alpha value is -2.40. The van der Waals surface area contributed by atoms with Gasteiger partial charge in [-0.25, -0.2) is 0 Å². The van der Waals surface area contributed by atoms with Crippen LogP contribution in [0.5, 0.6) is 5.75 Å². The van der Waals surface area contributed by atoms with Crippen molar-refractivity contribution < 1.29 is 14.3 Å². The number of amides is 1. The van der Waals surface area contributed by atoms with Gasteiger partial charge in [0, 0.05) is 32.0 Å². The second kappa shape index (κ2) is 9.34. The molecule has 3 rings (SSSR count). The molecule has 0 bridgehead atoms. The molecule has 0 aliphatic carbocycles. The fraction of sp³-hybridized carbons (Fsp3) is 0.429. The van der Waals surface area contributed by atoms with Crippen LogP contribution in [0.2, 0.25) is 0 Å². The molecule has 5 nitrogen and oxygen atoms in total. The number of hydrogen-bond acceptors (Lipinski definition) is 4. The van der Waals surface area contributed by atoms with Crippen LogP contribution in [0.25, 0.3) is 0 Å². The number of benzene rings is 1. The van der Waals surface area contributed by atoms with Gasteiger partial charge in [-0.2, -0.15) is 0 Å². The molecule has 138 valence electrons. The van der Waals surface area contributed by atoms with Crippen molar-refractivity contribution in [2.75, 3.05) is 20.3 Å². The van der Waals surface area contributed by atoms with Gasteiger partial charge in [0.15, 0.2) is 0 Å². The number of carbonyl (C=O) groups is 1. The van der Waals surface area contributed by atoms with Gasteiger partial charge >= 0.3 is 0 Å². The lowest BCUT2D eigenvalue weighted by Gasteiger charge is -2.31. The van der Waals surface area contributed by atoms with E-state index in [9.17, 15) is 4.79 Å². The lowest BCUT2D eigenvalue weighted by Crippen LogP contribution is -2.36. The first-order valence-corrected chi connectivity index (χ1v) is 9.16. The summed E-state index contributed by atoms with van der Waals surface area (Å²) in [6.07, 6.45) is 6.70. The largest absolute Gasteiger partial charge is 0.497 e. The Morgan fingerprint density at radius 3 is 2.69 bits per heavy atom. The average Bonchev–Trinajstić information content (AvgIpc) is 2.72. The molecule has 2 aromatic rings. The molecule has 2 heterocycles. The second-order valence-electron chi connectivity index (χ2n) is 6.63. The van der Waals surface area contributed by atoms with Gasteiger partial charge in [0.1, 0.15) is 5.75 Å². The monoisotopic (exact) mass is 354 g/mol. The molecule has 1 aromatic heterocycles. The van der Waals surface area contributed by atoms with Crippen molar-refractivity contribution >= 4 is 5.91 Å². The van der Waals surface area contributed by atoms with Crippen LogP contribution in [0.15, 0.2) is 48.8 Å². The van der Waals surface area contributed by atoms with E-state index in [1.807, 2.05) is 42.6 Å². The third-order valence-electron chi connectivity index (χ3n) is 4.90. The summed E-state index contributed by atoms with van der Waals surface area (Å²) in [4.78, 5) is 16.8. The zero-order chi connectivity index (χ0) is 18.2. The second-order valence-corrected chi connectivity index (χ2v) is 6.63. The van der Waals surface area contributed by atoms with Crippen molar-refractivity contribution in [2.24, 2.45) is 5.92 Å². The van der Waals surface area contributed by atoms with E-state index in [1.165, 1.54) is 0 Å². The van der Waals surface area contributed by atoms with Crippen LogP contribution in [0.4, 0.5) is 0 Å². The third-order valence-corrected chi connectivity index (χ3v) is 4.90. The quantitative estimate of drug-likeness (QED) is 0.829. The highest BCUT2D eigenvalue weighted by Crippen LogP contribution is 2.29. The maximum Gasteiger partial charge on any atom is 0.220 e. The van der Waals surface area contributed by atoms with Crippen LogP contribution in [-0.4, -0.2) is 31.2 Å². The highest BCUT2D eigenvalue weighted by molar-refractivity contribution is 5.76. The SMILES string of the molecule is COc1ccc(CCC(=O)NC(c2cccnc2)C2CCOCC2)cc1. The van der Waals surface area contributed by atoms with E-state index in [-0.39, 0.29) is 11.9 Å². The standard InChI is InChI=1S/C21H26N2O3/c1-25-19-7-4-16(5-8-19)6-9-20(24)23-21(17-10-13-26-14-11-17)18-3-2-12-22-15-18/h2-5,7-8,12,15,17,21H,6,9-11,13-14H2,1H3,(H,23,24). The zero-order valence-corrected chi connectivity index (χ0v) is 15.2. The predicted octanol–water partition coefficient (Wildman–Crippen LogP) is 3.31. The molecule has 5 heteroatoms. The fourth-order valence-electron chi connectivity index (χ4n) is 3.38. The Morgan fingerprint density at radius 2 is 2.04 bits per heavy atom. The zero-order valence-electron chi connectivity index (χ0n) is 15.2. The van der Waals surface area contributed by atoms with Crippen molar-refractivity contribution in [3.63, 3.8) is 0 Å². The number of nitrogens with one attached hydrogen (secondary N) is 1. The minimum Gasteiger partial charge on any atom is -0.497 e. The van der Waals surface area contributed by atoms with E-state index in [1.54, 1.807) is 13.3 Å². The van der Waals surface area contributed by atoms with Gasteiger partial charge in [0.25, 0.3) is 0 Å². The Balaban J connectivity index is 1.61. The molecule has 1 aliphatic heterocycles. The number of aryl methyl sites for hydroxylation is 1. The highest BCUT2D eigenvalue weighted by atomic mass is 16.5. The van der Waals surface area contributed by atoms with E-state index in [2.05, 4.69) is 10.3 Å². The molecule has 1 fully saturated rings. The van der Waals surface area contributed by atoms with Gasteiger partial charge in [-0.05, 0) is 54.5 Å². The average molecular weight is 354 g/mol. The number of hydrogen-bond donors (Lipinski definition) is 1. The molecule has 1 unspecified atom stereocenters. The Morgan fingerprint density at radius 1 is 1.27 bits per heavy atom. The number of rotatable bonds is 7. The molecule has 0 radical (unpaired) electrons. The molecule has 1 aromatic carbocycles. The minimum atomic E-state index is -0.00373. The summed E-state index contributed by atoms with van der Waals surface area (Å²) in [5.74, 6) is 1.29. The first kappa shape index (κ1) is 18.4. The Labute approximate surface area is 154 Å². The van der Waals surface area contributed by atoms with Crippen molar-refractivity contribution in [1.29, 1.82) is 0 Å². The first-order valence-electron chi connectivity index (χ1n) is 9.16. The molecular weight excluding hydrogens is 328 g/mol. The summed E-state index contributed by atoms with van der Waals surface area (Å²) in [6, 6.07) is 11.8. The lowest BCUT2D eigenvalue weighted by molar-refractivity contribution is -0.122. The number of carbonyl (C=O) groups excluding carboxylic acids is 1. The van der Waals surface area contributed by atoms with Gasteiger partial charge in [0.2, 0.25) is 5.91 Å². The third kappa shape index (κ3) is 5.05. The summed E-state index contributed by atoms with van der Waals surface area (Å²) in [5, 5.41) is 3.24. The number of methoxy groups -OCH3 is 1. The summed E-state index contributed by atoms with van der Waals surface area (Å²) in [7, 11) is 1.65. The molecule has 0 spiro atoms. The topological polar surface area (TPSA) is 60.5 Å². The van der Waals surface area contributed by atoms with Crippen LogP contribution in [0, 0.1) is 5.92 Å². The fourth-order valence-corrected chi connectivity index (χ4v) is 3.38. The molecule has 1 N–H and O–H groups in total. The van der Waals surface area contributed by atoms with E-state index < -0.39 is 0 Å². The number of nitrogens with zero attached hydrogens (tertiary/aromatic N) is 1. The van der Waals surface area contributed by atoms with Crippen LogP contribution in [0.3, 0.4) is 0 Å². The van der Waals surface area contributed by atoms with Crippen molar-refractivity contribution in [2.45, 2.75) is 31.7 Å². The molecule has 1 amide bonds. The maximum atomic E-state index is 12.6. The minimum absolute atomic E-state index is 0.00373. The normalized spacial score (nSPS) is 16.0.